The molecule has 3 rings (SSSR count). The molecule has 0 spiro atoms. The van der Waals surface area contributed by atoms with Crippen LogP contribution in [-0.2, 0) is 0 Å². The molecule has 3 aromatic rings. The van der Waals surface area contributed by atoms with Crippen molar-refractivity contribution in [2.75, 3.05) is 5.73 Å². The maximum Gasteiger partial charge on any atom is 0.161 e. The molecular formula is C15H13N3. The van der Waals surface area contributed by atoms with E-state index in [0.717, 1.165) is 11.3 Å². The van der Waals surface area contributed by atoms with Gasteiger partial charge < -0.3 is 5.73 Å². The van der Waals surface area contributed by atoms with Gasteiger partial charge in [0.25, 0.3) is 0 Å². The summed E-state index contributed by atoms with van der Waals surface area (Å²) in [5.74, 6) is 1.18. The number of fused-ring (bicyclic) bond motifs is 1. The Hall–Kier alpha value is -2.42. The van der Waals surface area contributed by atoms with E-state index in [1.165, 1.54) is 10.8 Å². The summed E-state index contributed by atoms with van der Waals surface area (Å²) in [6.07, 6.45) is 0. The fourth-order valence-corrected chi connectivity index (χ4v) is 2.05. The van der Waals surface area contributed by atoms with Gasteiger partial charge in [-0.3, -0.25) is 0 Å². The zero-order chi connectivity index (χ0) is 12.5. The highest BCUT2D eigenvalue weighted by Gasteiger charge is 2.04. The Kier molecular flexibility index (Phi) is 2.45. The number of nitrogens with zero attached hydrogens (tertiary/aromatic N) is 2. The smallest absolute Gasteiger partial charge is 0.161 e. The number of rotatable bonds is 1. The van der Waals surface area contributed by atoms with Crippen molar-refractivity contribution in [3.05, 3.63) is 54.2 Å². The molecule has 0 saturated heterocycles. The monoisotopic (exact) mass is 235 g/mol. The van der Waals surface area contributed by atoms with E-state index in [4.69, 9.17) is 5.73 Å². The van der Waals surface area contributed by atoms with Crippen LogP contribution in [0.2, 0.25) is 0 Å². The van der Waals surface area contributed by atoms with Crippen LogP contribution in [0.1, 0.15) is 5.69 Å². The molecule has 0 aliphatic carbocycles. The topological polar surface area (TPSA) is 51.8 Å². The summed E-state index contributed by atoms with van der Waals surface area (Å²) in [5, 5.41) is 2.39. The highest BCUT2D eigenvalue weighted by Crippen LogP contribution is 2.22. The van der Waals surface area contributed by atoms with Crippen LogP contribution in [0.15, 0.2) is 48.5 Å². The molecule has 0 bridgehead atoms. The van der Waals surface area contributed by atoms with E-state index in [9.17, 15) is 0 Å². The van der Waals surface area contributed by atoms with Crippen molar-refractivity contribution in [1.82, 2.24) is 9.97 Å². The molecule has 0 atom stereocenters. The molecule has 0 amide bonds. The van der Waals surface area contributed by atoms with Gasteiger partial charge in [-0.15, -0.1) is 0 Å². The minimum absolute atomic E-state index is 0.505. The number of benzene rings is 2. The van der Waals surface area contributed by atoms with Crippen molar-refractivity contribution in [2.45, 2.75) is 6.92 Å². The average Bonchev–Trinajstić information content (AvgIpc) is 2.37. The van der Waals surface area contributed by atoms with Crippen molar-refractivity contribution in [3.63, 3.8) is 0 Å². The summed E-state index contributed by atoms with van der Waals surface area (Å²) >= 11 is 0. The van der Waals surface area contributed by atoms with Crippen molar-refractivity contribution in [2.24, 2.45) is 0 Å². The predicted octanol–water partition coefficient (Wildman–Crippen LogP) is 3.19. The van der Waals surface area contributed by atoms with Crippen LogP contribution < -0.4 is 5.73 Å². The predicted molar refractivity (Wildman–Crippen MR) is 74.1 cm³/mol. The molecule has 88 valence electrons. The van der Waals surface area contributed by atoms with Crippen LogP contribution in [0.25, 0.3) is 22.2 Å². The van der Waals surface area contributed by atoms with Gasteiger partial charge in [-0.05, 0) is 23.8 Å². The van der Waals surface area contributed by atoms with Crippen LogP contribution in [0.4, 0.5) is 5.82 Å². The number of aryl methyl sites for hydroxylation is 1. The van der Waals surface area contributed by atoms with E-state index in [1.54, 1.807) is 6.07 Å². The van der Waals surface area contributed by atoms with Crippen molar-refractivity contribution in [3.8, 4) is 11.4 Å². The summed E-state index contributed by atoms with van der Waals surface area (Å²) in [7, 11) is 0. The fourth-order valence-electron chi connectivity index (χ4n) is 2.05. The highest BCUT2D eigenvalue weighted by molar-refractivity contribution is 5.86. The second-order valence-electron chi connectivity index (χ2n) is 4.32. The summed E-state index contributed by atoms with van der Waals surface area (Å²) in [5.41, 5.74) is 7.63. The minimum Gasteiger partial charge on any atom is -0.384 e. The third-order valence-electron chi connectivity index (χ3n) is 2.88. The molecule has 3 nitrogen and oxygen atoms in total. The van der Waals surface area contributed by atoms with Gasteiger partial charge in [0.1, 0.15) is 5.82 Å². The molecule has 0 saturated carbocycles. The van der Waals surface area contributed by atoms with E-state index < -0.39 is 0 Å². The first kappa shape index (κ1) is 10.7. The summed E-state index contributed by atoms with van der Waals surface area (Å²) in [6, 6.07) is 16.2. The lowest BCUT2D eigenvalue weighted by molar-refractivity contribution is 1.12. The molecule has 0 fully saturated rings. The Labute approximate surface area is 105 Å². The normalized spacial score (nSPS) is 10.7. The van der Waals surface area contributed by atoms with E-state index in [0.29, 0.717) is 11.6 Å². The van der Waals surface area contributed by atoms with Gasteiger partial charge >= 0.3 is 0 Å². The number of hydrogen-bond donors (Lipinski definition) is 1. The summed E-state index contributed by atoms with van der Waals surface area (Å²) < 4.78 is 0. The summed E-state index contributed by atoms with van der Waals surface area (Å²) in [4.78, 5) is 8.70. The first-order valence-electron chi connectivity index (χ1n) is 5.83. The molecule has 0 radical (unpaired) electrons. The van der Waals surface area contributed by atoms with E-state index >= 15 is 0 Å². The first-order valence-corrected chi connectivity index (χ1v) is 5.83. The number of nitrogen functional groups attached to an aromatic ring is 1. The maximum absolute atomic E-state index is 5.76. The Morgan fingerprint density at radius 1 is 0.889 bits per heavy atom. The van der Waals surface area contributed by atoms with Gasteiger partial charge in [-0.25, -0.2) is 9.97 Å². The van der Waals surface area contributed by atoms with Crippen LogP contribution in [0, 0.1) is 6.92 Å². The Bertz CT molecular complexity index is 700. The Morgan fingerprint density at radius 2 is 1.67 bits per heavy atom. The molecule has 1 heterocycles. The maximum atomic E-state index is 5.76. The zero-order valence-electron chi connectivity index (χ0n) is 10.1. The third-order valence-corrected chi connectivity index (χ3v) is 2.88. The van der Waals surface area contributed by atoms with E-state index in [-0.39, 0.29) is 0 Å². The van der Waals surface area contributed by atoms with Crippen molar-refractivity contribution in [1.29, 1.82) is 0 Å². The van der Waals surface area contributed by atoms with Gasteiger partial charge in [0.05, 0.1) is 0 Å². The van der Waals surface area contributed by atoms with Crippen LogP contribution in [-0.4, -0.2) is 9.97 Å². The van der Waals surface area contributed by atoms with Gasteiger partial charge in [0.2, 0.25) is 0 Å². The number of aromatic nitrogens is 2. The van der Waals surface area contributed by atoms with Gasteiger partial charge in [-0.2, -0.15) is 0 Å². The fraction of sp³-hybridized carbons (Fsp3) is 0.0667. The quantitative estimate of drug-likeness (QED) is 0.704. The number of nitrogens with two attached hydrogens (primary N) is 1. The lowest BCUT2D eigenvalue weighted by Gasteiger charge is -2.04. The van der Waals surface area contributed by atoms with Crippen LogP contribution >= 0.6 is 0 Å². The zero-order valence-corrected chi connectivity index (χ0v) is 10.1. The van der Waals surface area contributed by atoms with Crippen LogP contribution in [0.3, 0.4) is 0 Å². The average molecular weight is 235 g/mol. The highest BCUT2D eigenvalue weighted by atomic mass is 14.9. The lowest BCUT2D eigenvalue weighted by Crippen LogP contribution is -1.97. The first-order chi connectivity index (χ1) is 8.72. The molecule has 18 heavy (non-hydrogen) atoms. The van der Waals surface area contributed by atoms with Gasteiger partial charge in [-0.1, -0.05) is 36.4 Å². The SMILES string of the molecule is Cc1cc(N)nc(-c2ccc3ccccc3c2)n1. The summed E-state index contributed by atoms with van der Waals surface area (Å²) in [6.45, 7) is 1.92. The largest absolute Gasteiger partial charge is 0.384 e. The molecule has 2 aromatic carbocycles. The molecule has 3 heteroatoms. The van der Waals surface area contributed by atoms with E-state index in [1.807, 2.05) is 25.1 Å². The second kappa shape index (κ2) is 4.11. The molecule has 0 aliphatic rings. The Morgan fingerprint density at radius 3 is 2.44 bits per heavy atom. The van der Waals surface area contributed by atoms with Crippen molar-refractivity contribution < 1.29 is 0 Å². The van der Waals surface area contributed by atoms with Crippen LogP contribution in [0.5, 0.6) is 0 Å². The third kappa shape index (κ3) is 1.91. The number of hydrogen-bond acceptors (Lipinski definition) is 3. The van der Waals surface area contributed by atoms with Gasteiger partial charge in [0.15, 0.2) is 5.82 Å². The lowest BCUT2D eigenvalue weighted by atomic mass is 10.1. The van der Waals surface area contributed by atoms with E-state index in [2.05, 4.69) is 34.2 Å². The standard InChI is InChI=1S/C15H13N3/c1-10-8-14(16)18-15(17-10)13-7-6-11-4-2-3-5-12(11)9-13/h2-9H,1H3,(H2,16,17,18). The molecule has 0 aliphatic heterocycles. The molecule has 0 unspecified atom stereocenters. The van der Waals surface area contributed by atoms with Gasteiger partial charge in [0, 0.05) is 17.3 Å². The number of anilines is 1. The molecule has 1 aromatic heterocycles. The minimum atomic E-state index is 0.505. The molecular weight excluding hydrogens is 222 g/mol. The Balaban J connectivity index is 2.19. The van der Waals surface area contributed by atoms with Crippen molar-refractivity contribution >= 4 is 16.6 Å². The molecule has 2 N–H and O–H groups in total. The second-order valence-corrected chi connectivity index (χ2v) is 4.32.